The molecule has 0 atom stereocenters. The smallest absolute Gasteiger partial charge is 0.182 e. The first-order valence-corrected chi connectivity index (χ1v) is 4.80. The fourth-order valence-electron chi connectivity index (χ4n) is 1.56. The van der Waals surface area contributed by atoms with Crippen LogP contribution in [0.1, 0.15) is 24.3 Å². The Balaban J connectivity index is 2.62. The molecular weight excluding hydrogens is 174 g/mol. The van der Waals surface area contributed by atoms with Gasteiger partial charge in [0.05, 0.1) is 5.69 Å². The lowest BCUT2D eigenvalue weighted by atomic mass is 10.1. The van der Waals surface area contributed by atoms with E-state index in [9.17, 15) is 4.79 Å². The number of aromatic nitrogens is 1. The van der Waals surface area contributed by atoms with Crippen molar-refractivity contribution in [2.75, 3.05) is 0 Å². The highest BCUT2D eigenvalue weighted by Crippen LogP contribution is 2.12. The van der Waals surface area contributed by atoms with Crippen molar-refractivity contribution >= 4 is 11.3 Å². The van der Waals surface area contributed by atoms with Crippen LogP contribution >= 0.6 is 0 Å². The zero-order valence-electron chi connectivity index (χ0n) is 8.40. The maximum atomic E-state index is 11.8. The molecule has 2 nitrogen and oxygen atoms in total. The van der Waals surface area contributed by atoms with Gasteiger partial charge >= 0.3 is 0 Å². The van der Waals surface area contributed by atoms with Crippen LogP contribution in [-0.4, -0.2) is 10.2 Å². The monoisotopic (exact) mass is 187 g/mol. The first-order chi connectivity index (χ1) is 6.70. The molecule has 0 N–H and O–H groups in total. The fourth-order valence-corrected chi connectivity index (χ4v) is 1.56. The van der Waals surface area contributed by atoms with Crippen molar-refractivity contribution in [3.63, 3.8) is 0 Å². The van der Waals surface area contributed by atoms with Crippen molar-refractivity contribution in [2.24, 2.45) is 5.92 Å². The maximum absolute atomic E-state index is 11.8. The van der Waals surface area contributed by atoms with E-state index in [0.29, 0.717) is 0 Å². The van der Waals surface area contributed by atoms with Gasteiger partial charge < -0.3 is 4.40 Å². The molecule has 2 heteroatoms. The van der Waals surface area contributed by atoms with Crippen LogP contribution in [0.4, 0.5) is 0 Å². The standard InChI is InChI=1S/C12H13NO/c1-9(2)12(14)11-7-3-5-10-6-4-8-13(10)11/h3-9H,1-2H3. The average Bonchev–Trinajstić information content (AvgIpc) is 2.63. The molecule has 0 unspecified atom stereocenters. The number of Topliss-reactive ketones (excluding diaryl/α,β-unsaturated/α-hetero) is 1. The minimum atomic E-state index is 0.0444. The Morgan fingerprint density at radius 1 is 1.21 bits per heavy atom. The predicted octanol–water partition coefficient (Wildman–Crippen LogP) is 2.78. The van der Waals surface area contributed by atoms with Gasteiger partial charge in [-0.2, -0.15) is 0 Å². The predicted molar refractivity (Wildman–Crippen MR) is 56.6 cm³/mol. The van der Waals surface area contributed by atoms with Crippen LogP contribution in [0.25, 0.3) is 5.52 Å². The van der Waals surface area contributed by atoms with Gasteiger partial charge in [0.25, 0.3) is 0 Å². The van der Waals surface area contributed by atoms with Crippen molar-refractivity contribution in [1.29, 1.82) is 0 Å². The zero-order valence-corrected chi connectivity index (χ0v) is 8.40. The van der Waals surface area contributed by atoms with Gasteiger partial charge in [-0.3, -0.25) is 4.79 Å². The number of pyridine rings is 1. The summed E-state index contributed by atoms with van der Waals surface area (Å²) in [6.45, 7) is 3.84. The number of ketones is 1. The largest absolute Gasteiger partial charge is 0.314 e. The third kappa shape index (κ3) is 1.33. The van der Waals surface area contributed by atoms with E-state index in [1.807, 2.05) is 54.8 Å². The van der Waals surface area contributed by atoms with Crippen molar-refractivity contribution in [3.05, 3.63) is 42.2 Å². The molecule has 0 radical (unpaired) electrons. The van der Waals surface area contributed by atoms with E-state index in [1.54, 1.807) is 0 Å². The number of nitrogens with zero attached hydrogens (tertiary/aromatic N) is 1. The topological polar surface area (TPSA) is 21.5 Å². The van der Waals surface area contributed by atoms with Gasteiger partial charge in [-0.25, -0.2) is 0 Å². The van der Waals surface area contributed by atoms with E-state index in [0.717, 1.165) is 11.2 Å². The van der Waals surface area contributed by atoms with Gasteiger partial charge in [0.2, 0.25) is 0 Å². The van der Waals surface area contributed by atoms with Crippen LogP contribution < -0.4 is 0 Å². The molecule has 2 rings (SSSR count). The van der Waals surface area contributed by atoms with E-state index >= 15 is 0 Å². The van der Waals surface area contributed by atoms with Crippen molar-refractivity contribution < 1.29 is 4.79 Å². The number of fused-ring (bicyclic) bond motifs is 1. The number of rotatable bonds is 2. The Morgan fingerprint density at radius 2 is 1.93 bits per heavy atom. The Labute approximate surface area is 83.2 Å². The second-order valence-electron chi connectivity index (χ2n) is 3.73. The first kappa shape index (κ1) is 9.00. The number of hydrogen-bond donors (Lipinski definition) is 0. The summed E-state index contributed by atoms with van der Waals surface area (Å²) in [5, 5.41) is 0. The summed E-state index contributed by atoms with van der Waals surface area (Å²) in [5.74, 6) is 0.231. The molecule has 0 fully saturated rings. The summed E-state index contributed by atoms with van der Waals surface area (Å²) in [4.78, 5) is 11.8. The van der Waals surface area contributed by atoms with E-state index in [-0.39, 0.29) is 11.7 Å². The van der Waals surface area contributed by atoms with Gasteiger partial charge in [0.15, 0.2) is 5.78 Å². The van der Waals surface area contributed by atoms with Crippen molar-refractivity contribution in [1.82, 2.24) is 4.40 Å². The lowest BCUT2D eigenvalue weighted by molar-refractivity contribution is 0.0933. The van der Waals surface area contributed by atoms with Crippen molar-refractivity contribution in [2.45, 2.75) is 13.8 Å². The molecular formula is C12H13NO. The minimum absolute atomic E-state index is 0.0444. The Kier molecular flexibility index (Phi) is 2.12. The molecule has 0 aliphatic rings. The van der Waals surface area contributed by atoms with E-state index in [1.165, 1.54) is 0 Å². The van der Waals surface area contributed by atoms with Crippen LogP contribution in [-0.2, 0) is 0 Å². The summed E-state index contributed by atoms with van der Waals surface area (Å²) in [6.07, 6.45) is 1.92. The molecule has 14 heavy (non-hydrogen) atoms. The minimum Gasteiger partial charge on any atom is -0.314 e. The van der Waals surface area contributed by atoms with Crippen LogP contribution in [0, 0.1) is 5.92 Å². The molecule has 0 aliphatic heterocycles. The highest BCUT2D eigenvalue weighted by molar-refractivity contribution is 5.96. The Hall–Kier alpha value is -1.57. The Morgan fingerprint density at radius 3 is 2.64 bits per heavy atom. The van der Waals surface area contributed by atoms with Crippen molar-refractivity contribution in [3.8, 4) is 0 Å². The van der Waals surface area contributed by atoms with Gasteiger partial charge in [-0.15, -0.1) is 0 Å². The van der Waals surface area contributed by atoms with Crippen LogP contribution in [0.3, 0.4) is 0 Å². The third-order valence-electron chi connectivity index (χ3n) is 2.34. The molecule has 2 aromatic rings. The number of hydrogen-bond acceptors (Lipinski definition) is 1. The van der Waals surface area contributed by atoms with E-state index in [2.05, 4.69) is 0 Å². The molecule has 2 aromatic heterocycles. The van der Waals surface area contributed by atoms with Crippen LogP contribution in [0.15, 0.2) is 36.5 Å². The summed E-state index contributed by atoms with van der Waals surface area (Å²) in [5.41, 5.74) is 1.83. The highest BCUT2D eigenvalue weighted by atomic mass is 16.1. The molecule has 0 saturated carbocycles. The molecule has 0 spiro atoms. The fraction of sp³-hybridized carbons (Fsp3) is 0.250. The number of carbonyl (C=O) groups excluding carboxylic acids is 1. The number of carbonyl (C=O) groups is 1. The molecule has 0 saturated heterocycles. The molecule has 0 aliphatic carbocycles. The maximum Gasteiger partial charge on any atom is 0.182 e. The second kappa shape index (κ2) is 3.29. The molecule has 0 bridgehead atoms. The molecule has 0 aromatic carbocycles. The normalized spacial score (nSPS) is 11.1. The second-order valence-corrected chi connectivity index (χ2v) is 3.73. The summed E-state index contributed by atoms with van der Waals surface area (Å²) < 4.78 is 1.93. The third-order valence-corrected chi connectivity index (χ3v) is 2.34. The van der Waals surface area contributed by atoms with Crippen LogP contribution in [0.5, 0.6) is 0 Å². The summed E-state index contributed by atoms with van der Waals surface area (Å²) >= 11 is 0. The summed E-state index contributed by atoms with van der Waals surface area (Å²) in [7, 11) is 0. The molecule has 2 heterocycles. The van der Waals surface area contributed by atoms with Gasteiger partial charge in [-0.1, -0.05) is 19.9 Å². The van der Waals surface area contributed by atoms with Gasteiger partial charge in [0.1, 0.15) is 0 Å². The summed E-state index contributed by atoms with van der Waals surface area (Å²) in [6, 6.07) is 9.74. The Bertz CT molecular complexity index is 468. The quantitative estimate of drug-likeness (QED) is 0.662. The van der Waals surface area contributed by atoms with Gasteiger partial charge in [-0.05, 0) is 24.3 Å². The zero-order chi connectivity index (χ0) is 10.1. The van der Waals surface area contributed by atoms with E-state index < -0.39 is 0 Å². The van der Waals surface area contributed by atoms with Gasteiger partial charge in [0, 0.05) is 17.6 Å². The SMILES string of the molecule is CC(C)C(=O)c1cccc2cccn12. The lowest BCUT2D eigenvalue weighted by Crippen LogP contribution is -2.11. The van der Waals surface area contributed by atoms with E-state index in [4.69, 9.17) is 0 Å². The van der Waals surface area contributed by atoms with Crippen LogP contribution in [0.2, 0.25) is 0 Å². The first-order valence-electron chi connectivity index (χ1n) is 4.80. The highest BCUT2D eigenvalue weighted by Gasteiger charge is 2.12. The lowest BCUT2D eigenvalue weighted by Gasteiger charge is -2.07. The molecule has 0 amide bonds. The molecule has 72 valence electrons. The average molecular weight is 187 g/mol.